The van der Waals surface area contributed by atoms with E-state index in [0.717, 1.165) is 35.8 Å². The molecule has 0 unspecified atom stereocenters. The lowest BCUT2D eigenvalue weighted by Gasteiger charge is -2.12. The van der Waals surface area contributed by atoms with Gasteiger partial charge in [0.1, 0.15) is 0 Å². The van der Waals surface area contributed by atoms with E-state index in [0.29, 0.717) is 11.0 Å². The Morgan fingerprint density at radius 2 is 2.20 bits per heavy atom. The molecule has 0 amide bonds. The lowest BCUT2D eigenvalue weighted by Crippen LogP contribution is -2.00. The first-order valence-electron chi connectivity index (χ1n) is 8.59. The van der Waals surface area contributed by atoms with Crippen LogP contribution in [0, 0.1) is 5.92 Å². The van der Waals surface area contributed by atoms with Crippen molar-refractivity contribution in [3.05, 3.63) is 40.7 Å². The zero-order valence-electron chi connectivity index (χ0n) is 13.9. The third-order valence-corrected chi connectivity index (χ3v) is 5.25. The molecule has 0 aliphatic heterocycles. The number of aromatic carboxylic acids is 1. The van der Waals surface area contributed by atoms with Crippen LogP contribution in [0.5, 0.6) is 0 Å². The maximum absolute atomic E-state index is 11.5. The zero-order chi connectivity index (χ0) is 17.1. The van der Waals surface area contributed by atoms with E-state index in [1.54, 1.807) is 0 Å². The highest BCUT2D eigenvalue weighted by Crippen LogP contribution is 2.43. The topological polar surface area (TPSA) is 83.8 Å². The van der Waals surface area contributed by atoms with E-state index in [4.69, 9.17) is 0 Å². The van der Waals surface area contributed by atoms with E-state index in [9.17, 15) is 9.90 Å². The Morgan fingerprint density at radius 1 is 1.36 bits per heavy atom. The highest BCUT2D eigenvalue weighted by molar-refractivity contribution is 6.02. The molecule has 3 aromatic rings. The van der Waals surface area contributed by atoms with Gasteiger partial charge < -0.3 is 10.1 Å². The zero-order valence-corrected chi connectivity index (χ0v) is 13.9. The summed E-state index contributed by atoms with van der Waals surface area (Å²) in [5.41, 5.74) is 7.13. The molecule has 0 bridgehead atoms. The van der Waals surface area contributed by atoms with Gasteiger partial charge in [0.05, 0.1) is 33.7 Å². The number of fused-ring (bicyclic) bond motifs is 2. The number of pyridine rings is 1. The highest BCUT2D eigenvalue weighted by atomic mass is 16.4. The Labute approximate surface area is 144 Å². The standard InChI is InChI=1S/C19H18N4O2/c1-23-18(13-8-11(10-2-3-10)4-5-14(13)22-23)16-9-15-17(21-16)12(19(24)25)6-7-20-15/h6-10,21H,2-5H2,1H3,(H,24,25). The van der Waals surface area contributed by atoms with Gasteiger partial charge in [-0.05, 0) is 43.7 Å². The fraction of sp³-hybridized carbons (Fsp3) is 0.316. The predicted molar refractivity (Wildman–Crippen MR) is 94.3 cm³/mol. The Morgan fingerprint density at radius 3 is 2.96 bits per heavy atom. The minimum Gasteiger partial charge on any atom is -0.478 e. The van der Waals surface area contributed by atoms with Gasteiger partial charge in [0, 0.05) is 18.8 Å². The molecule has 1 fully saturated rings. The minimum absolute atomic E-state index is 0.237. The van der Waals surface area contributed by atoms with Gasteiger partial charge in [-0.2, -0.15) is 5.10 Å². The number of nitrogens with zero attached hydrogens (tertiary/aromatic N) is 3. The third-order valence-electron chi connectivity index (χ3n) is 5.25. The molecule has 3 aromatic heterocycles. The number of allylic oxidation sites excluding steroid dienone is 1. The Kier molecular flexibility index (Phi) is 2.92. The van der Waals surface area contributed by atoms with Crippen molar-refractivity contribution in [1.29, 1.82) is 0 Å². The quantitative estimate of drug-likeness (QED) is 0.769. The molecule has 3 heterocycles. The smallest absolute Gasteiger partial charge is 0.337 e. The average Bonchev–Trinajstić information content (AvgIpc) is 3.26. The first-order chi connectivity index (χ1) is 12.1. The first kappa shape index (κ1) is 14.5. The summed E-state index contributed by atoms with van der Waals surface area (Å²) in [6, 6.07) is 3.44. The maximum Gasteiger partial charge on any atom is 0.337 e. The molecule has 2 aliphatic rings. The first-order valence-corrected chi connectivity index (χ1v) is 8.59. The van der Waals surface area contributed by atoms with Crippen molar-refractivity contribution in [1.82, 2.24) is 19.7 Å². The molecule has 126 valence electrons. The summed E-state index contributed by atoms with van der Waals surface area (Å²) in [6.45, 7) is 0. The molecule has 0 atom stereocenters. The van der Waals surface area contributed by atoms with Crippen LogP contribution in [0.2, 0.25) is 0 Å². The van der Waals surface area contributed by atoms with Crippen molar-refractivity contribution < 1.29 is 9.90 Å². The SMILES string of the molecule is Cn1nc2c(c1-c1cc3nccc(C(=O)O)c3[nH]1)C=C(C1CC1)CC2. The second-order valence-electron chi connectivity index (χ2n) is 6.93. The van der Waals surface area contributed by atoms with Gasteiger partial charge in [0.25, 0.3) is 0 Å². The largest absolute Gasteiger partial charge is 0.478 e. The molecule has 6 nitrogen and oxygen atoms in total. The van der Waals surface area contributed by atoms with Crippen molar-refractivity contribution >= 4 is 23.1 Å². The van der Waals surface area contributed by atoms with Crippen molar-refractivity contribution in [3.63, 3.8) is 0 Å². The molecule has 0 saturated heterocycles. The molecule has 2 aliphatic carbocycles. The summed E-state index contributed by atoms with van der Waals surface area (Å²) >= 11 is 0. The number of H-pyrrole nitrogens is 1. The van der Waals surface area contributed by atoms with Crippen LogP contribution in [0.3, 0.4) is 0 Å². The van der Waals surface area contributed by atoms with Gasteiger partial charge in [-0.15, -0.1) is 0 Å². The lowest BCUT2D eigenvalue weighted by atomic mass is 9.93. The van der Waals surface area contributed by atoms with Gasteiger partial charge in [0.15, 0.2) is 0 Å². The molecular weight excluding hydrogens is 316 g/mol. The summed E-state index contributed by atoms with van der Waals surface area (Å²) < 4.78 is 1.89. The molecule has 1 saturated carbocycles. The Hall–Kier alpha value is -2.89. The lowest BCUT2D eigenvalue weighted by molar-refractivity contribution is 0.0699. The van der Waals surface area contributed by atoms with E-state index in [1.165, 1.54) is 36.2 Å². The number of aromatic nitrogens is 4. The van der Waals surface area contributed by atoms with Crippen LogP contribution in [0.4, 0.5) is 0 Å². The van der Waals surface area contributed by atoms with Crippen molar-refractivity contribution in [2.45, 2.75) is 25.7 Å². The highest BCUT2D eigenvalue weighted by Gasteiger charge is 2.30. The minimum atomic E-state index is -0.955. The van der Waals surface area contributed by atoms with E-state index in [2.05, 4.69) is 21.1 Å². The maximum atomic E-state index is 11.5. The van der Waals surface area contributed by atoms with E-state index >= 15 is 0 Å². The molecule has 5 rings (SSSR count). The average molecular weight is 334 g/mol. The van der Waals surface area contributed by atoms with Crippen LogP contribution in [0.1, 0.15) is 40.9 Å². The van der Waals surface area contributed by atoms with Gasteiger partial charge in [-0.1, -0.05) is 11.6 Å². The molecule has 6 heteroatoms. The van der Waals surface area contributed by atoms with Gasteiger partial charge >= 0.3 is 5.97 Å². The number of hydrogen-bond donors (Lipinski definition) is 2. The van der Waals surface area contributed by atoms with Crippen LogP contribution in [0.25, 0.3) is 28.5 Å². The fourth-order valence-electron chi connectivity index (χ4n) is 3.88. The predicted octanol–water partition coefficient (Wildman–Crippen LogP) is 3.40. The number of aromatic amines is 1. The molecule has 0 spiro atoms. The van der Waals surface area contributed by atoms with Crippen LogP contribution in [-0.4, -0.2) is 30.8 Å². The molecule has 2 N–H and O–H groups in total. The fourth-order valence-corrected chi connectivity index (χ4v) is 3.88. The van der Waals surface area contributed by atoms with Crippen molar-refractivity contribution in [2.24, 2.45) is 13.0 Å². The number of carbonyl (C=O) groups is 1. The summed E-state index contributed by atoms with van der Waals surface area (Å²) in [7, 11) is 1.94. The van der Waals surface area contributed by atoms with Crippen LogP contribution in [-0.2, 0) is 13.5 Å². The molecule has 25 heavy (non-hydrogen) atoms. The monoisotopic (exact) mass is 334 g/mol. The number of hydrogen-bond acceptors (Lipinski definition) is 3. The normalized spacial score (nSPS) is 16.8. The van der Waals surface area contributed by atoms with E-state index in [1.807, 2.05) is 17.8 Å². The number of carboxylic acid groups (broad SMARTS) is 1. The number of carboxylic acids is 1. The van der Waals surface area contributed by atoms with Gasteiger partial charge in [-0.25, -0.2) is 4.79 Å². The number of rotatable bonds is 3. The van der Waals surface area contributed by atoms with Gasteiger partial charge in [0.2, 0.25) is 0 Å². The van der Waals surface area contributed by atoms with Crippen LogP contribution >= 0.6 is 0 Å². The second-order valence-corrected chi connectivity index (χ2v) is 6.93. The van der Waals surface area contributed by atoms with Gasteiger partial charge in [-0.3, -0.25) is 9.67 Å². The third kappa shape index (κ3) is 2.21. The van der Waals surface area contributed by atoms with E-state index in [-0.39, 0.29) is 5.56 Å². The molecule has 0 aromatic carbocycles. The van der Waals surface area contributed by atoms with Crippen LogP contribution in [0.15, 0.2) is 23.9 Å². The van der Waals surface area contributed by atoms with Crippen molar-refractivity contribution in [3.8, 4) is 11.4 Å². The summed E-state index contributed by atoms with van der Waals surface area (Å²) in [5, 5.41) is 14.1. The molecule has 0 radical (unpaired) electrons. The summed E-state index contributed by atoms with van der Waals surface area (Å²) in [6.07, 6.45) is 8.52. The Bertz CT molecular complexity index is 1050. The van der Waals surface area contributed by atoms with Crippen LogP contribution < -0.4 is 0 Å². The number of aryl methyl sites for hydroxylation is 2. The summed E-state index contributed by atoms with van der Waals surface area (Å²) in [4.78, 5) is 19.0. The second kappa shape index (κ2) is 5.05. The number of nitrogens with one attached hydrogen (secondary N) is 1. The van der Waals surface area contributed by atoms with Crippen molar-refractivity contribution in [2.75, 3.05) is 0 Å². The summed E-state index contributed by atoms with van der Waals surface area (Å²) in [5.74, 6) is -0.201. The Balaban J connectivity index is 1.70. The van der Waals surface area contributed by atoms with E-state index < -0.39 is 5.97 Å². The molecular formula is C19H18N4O2.